The summed E-state index contributed by atoms with van der Waals surface area (Å²) in [5.41, 5.74) is 1.60. The molecule has 8 nitrogen and oxygen atoms in total. The Morgan fingerprint density at radius 3 is 2.53 bits per heavy atom. The van der Waals surface area contributed by atoms with Gasteiger partial charge < -0.3 is 10.2 Å². The molecule has 3 saturated heterocycles. The number of benzene rings is 1. The van der Waals surface area contributed by atoms with E-state index in [0.29, 0.717) is 42.0 Å². The van der Waals surface area contributed by atoms with Gasteiger partial charge in [-0.2, -0.15) is 0 Å². The molecule has 0 spiro atoms. The second-order valence-electron chi connectivity index (χ2n) is 8.61. The van der Waals surface area contributed by atoms with Crippen LogP contribution >= 0.6 is 0 Å². The van der Waals surface area contributed by atoms with E-state index in [9.17, 15) is 19.2 Å². The van der Waals surface area contributed by atoms with E-state index >= 15 is 4.39 Å². The van der Waals surface area contributed by atoms with E-state index in [0.717, 1.165) is 12.8 Å². The van der Waals surface area contributed by atoms with Crippen molar-refractivity contribution < 1.29 is 23.6 Å². The van der Waals surface area contributed by atoms with Crippen LogP contribution in [0.3, 0.4) is 0 Å². The Morgan fingerprint density at radius 2 is 1.87 bits per heavy atom. The lowest BCUT2D eigenvalue weighted by atomic mass is 9.98. The lowest BCUT2D eigenvalue weighted by Gasteiger charge is -2.35. The zero-order valence-corrected chi connectivity index (χ0v) is 16.4. The monoisotopic (exact) mass is 414 g/mol. The lowest BCUT2D eigenvalue weighted by molar-refractivity contribution is -0.141. The van der Waals surface area contributed by atoms with Gasteiger partial charge in [0.2, 0.25) is 17.6 Å². The van der Waals surface area contributed by atoms with Crippen LogP contribution in [0.4, 0.5) is 10.1 Å². The van der Waals surface area contributed by atoms with Crippen molar-refractivity contribution in [2.45, 2.75) is 56.4 Å². The maximum atomic E-state index is 15.1. The third kappa shape index (κ3) is 3.13. The summed E-state index contributed by atoms with van der Waals surface area (Å²) in [7, 11) is 0. The molecule has 1 aromatic carbocycles. The van der Waals surface area contributed by atoms with Crippen LogP contribution in [0.2, 0.25) is 0 Å². The number of Topliss-reactive ketones (excluding diaryl/α,β-unsaturated/α-hetero) is 1. The van der Waals surface area contributed by atoms with Gasteiger partial charge in [0.1, 0.15) is 11.9 Å². The standard InChI is InChI=1S/C21H23FN4O4/c22-15-5-11-7-26(16-3-4-19(29)24-21(16)30)20(18(28)10-27)14(11)6-17(15)25-8-12-1-2-13(9-25)23-12/h5-6,10,12-13,16,20,23H,1-4,7-9H2,(H,24,29,30). The van der Waals surface area contributed by atoms with Gasteiger partial charge >= 0.3 is 0 Å². The zero-order chi connectivity index (χ0) is 21.0. The number of fused-ring (bicyclic) bond motifs is 3. The number of amides is 2. The first-order chi connectivity index (χ1) is 14.4. The van der Waals surface area contributed by atoms with E-state index in [2.05, 4.69) is 10.6 Å². The van der Waals surface area contributed by atoms with Gasteiger partial charge in [0, 0.05) is 38.1 Å². The lowest BCUT2D eigenvalue weighted by Crippen LogP contribution is -2.52. The van der Waals surface area contributed by atoms with Gasteiger partial charge in [0.15, 0.2) is 6.29 Å². The topological polar surface area (TPSA) is 98.8 Å². The van der Waals surface area contributed by atoms with E-state index in [-0.39, 0.29) is 37.4 Å². The number of carbonyl (C=O) groups is 4. The number of hydrogen-bond donors (Lipinski definition) is 2. The molecule has 4 aliphatic rings. The number of imide groups is 1. The molecule has 3 fully saturated rings. The first-order valence-electron chi connectivity index (χ1n) is 10.4. The highest BCUT2D eigenvalue weighted by Crippen LogP contribution is 2.41. The number of anilines is 1. The summed E-state index contributed by atoms with van der Waals surface area (Å²) in [5, 5.41) is 5.80. The number of piperazine rings is 1. The summed E-state index contributed by atoms with van der Waals surface area (Å²) in [6.07, 6.45) is 2.80. The number of carbonyl (C=O) groups excluding carboxylic acids is 4. The van der Waals surface area contributed by atoms with E-state index < -0.39 is 23.8 Å². The molecule has 2 N–H and O–H groups in total. The predicted molar refractivity (Wildman–Crippen MR) is 104 cm³/mol. The second kappa shape index (κ2) is 7.24. The molecule has 9 heteroatoms. The molecule has 5 rings (SSSR count). The Hall–Kier alpha value is -2.65. The summed E-state index contributed by atoms with van der Waals surface area (Å²) in [6.45, 7) is 1.56. The Balaban J connectivity index is 1.50. The highest BCUT2D eigenvalue weighted by molar-refractivity contribution is 6.27. The number of rotatable bonds is 4. The van der Waals surface area contributed by atoms with Gasteiger partial charge in [-0.1, -0.05) is 0 Å². The molecule has 4 heterocycles. The number of nitrogens with zero attached hydrogens (tertiary/aromatic N) is 2. The van der Waals surface area contributed by atoms with Gasteiger partial charge in [-0.25, -0.2) is 4.39 Å². The molecule has 30 heavy (non-hydrogen) atoms. The minimum absolute atomic E-state index is 0.161. The maximum absolute atomic E-state index is 15.1. The predicted octanol–water partition coefficient (Wildman–Crippen LogP) is 0.196. The van der Waals surface area contributed by atoms with Gasteiger partial charge in [-0.05, 0) is 42.5 Å². The molecule has 0 radical (unpaired) electrons. The van der Waals surface area contributed by atoms with Crippen molar-refractivity contribution in [1.29, 1.82) is 0 Å². The zero-order valence-electron chi connectivity index (χ0n) is 16.4. The molecular formula is C21H23FN4O4. The molecule has 2 amide bonds. The molecule has 0 aromatic heterocycles. The first-order valence-corrected chi connectivity index (χ1v) is 10.4. The van der Waals surface area contributed by atoms with E-state index in [1.807, 2.05) is 4.90 Å². The van der Waals surface area contributed by atoms with E-state index in [4.69, 9.17) is 0 Å². The number of ketones is 1. The fraction of sp³-hybridized carbons (Fsp3) is 0.524. The molecule has 4 unspecified atom stereocenters. The number of nitrogens with one attached hydrogen (secondary N) is 2. The molecule has 2 bridgehead atoms. The van der Waals surface area contributed by atoms with Crippen LogP contribution in [-0.2, 0) is 25.7 Å². The number of aldehydes is 1. The third-order valence-electron chi connectivity index (χ3n) is 6.74. The largest absolute Gasteiger partial charge is 0.366 e. The minimum Gasteiger partial charge on any atom is -0.366 e. The van der Waals surface area contributed by atoms with Gasteiger partial charge in [0.05, 0.1) is 11.7 Å². The van der Waals surface area contributed by atoms with Crippen molar-refractivity contribution in [2.24, 2.45) is 0 Å². The third-order valence-corrected chi connectivity index (χ3v) is 6.74. The van der Waals surface area contributed by atoms with Crippen LogP contribution < -0.4 is 15.5 Å². The normalized spacial score (nSPS) is 30.9. The van der Waals surface area contributed by atoms with Gasteiger partial charge in [-0.15, -0.1) is 0 Å². The summed E-state index contributed by atoms with van der Waals surface area (Å²) in [6, 6.07) is 2.08. The van der Waals surface area contributed by atoms with Crippen LogP contribution in [-0.4, -0.2) is 60.0 Å². The fourth-order valence-electron chi connectivity index (χ4n) is 5.38. The molecule has 1 aromatic rings. The summed E-state index contributed by atoms with van der Waals surface area (Å²) in [4.78, 5) is 51.5. The van der Waals surface area contributed by atoms with Crippen molar-refractivity contribution in [1.82, 2.24) is 15.5 Å². The second-order valence-corrected chi connectivity index (χ2v) is 8.61. The Bertz CT molecular complexity index is 939. The molecule has 0 aliphatic carbocycles. The number of hydrogen-bond acceptors (Lipinski definition) is 7. The molecule has 4 aliphatic heterocycles. The highest BCUT2D eigenvalue weighted by Gasteiger charge is 2.44. The summed E-state index contributed by atoms with van der Waals surface area (Å²) >= 11 is 0. The maximum Gasteiger partial charge on any atom is 0.243 e. The SMILES string of the molecule is O=CC(=O)C1c2cc(N3CC4CCC(C3)N4)c(F)cc2CN1C1CCC(=O)NC1=O. The molecule has 0 saturated carbocycles. The van der Waals surface area contributed by atoms with Crippen LogP contribution in [0, 0.1) is 5.82 Å². The fourth-order valence-corrected chi connectivity index (χ4v) is 5.38. The van der Waals surface area contributed by atoms with Crippen molar-refractivity contribution in [3.05, 3.63) is 29.1 Å². The average molecular weight is 414 g/mol. The number of piperidine rings is 1. The van der Waals surface area contributed by atoms with Crippen LogP contribution in [0.25, 0.3) is 0 Å². The van der Waals surface area contributed by atoms with Crippen LogP contribution in [0.5, 0.6) is 0 Å². The van der Waals surface area contributed by atoms with E-state index in [1.165, 1.54) is 6.07 Å². The van der Waals surface area contributed by atoms with E-state index in [1.54, 1.807) is 11.0 Å². The Kier molecular flexibility index (Phi) is 4.67. The van der Waals surface area contributed by atoms with Crippen molar-refractivity contribution in [3.8, 4) is 0 Å². The van der Waals surface area contributed by atoms with Crippen LogP contribution in [0.15, 0.2) is 12.1 Å². The quantitative estimate of drug-likeness (QED) is 0.412. The highest BCUT2D eigenvalue weighted by atomic mass is 19.1. The molecule has 4 atom stereocenters. The van der Waals surface area contributed by atoms with Gasteiger partial charge in [0.25, 0.3) is 0 Å². The van der Waals surface area contributed by atoms with Crippen LogP contribution in [0.1, 0.15) is 42.9 Å². The van der Waals surface area contributed by atoms with Crippen molar-refractivity contribution in [3.63, 3.8) is 0 Å². The molecular weight excluding hydrogens is 391 g/mol. The van der Waals surface area contributed by atoms with Crippen molar-refractivity contribution in [2.75, 3.05) is 18.0 Å². The summed E-state index contributed by atoms with van der Waals surface area (Å²) < 4.78 is 15.1. The average Bonchev–Trinajstić information content (AvgIpc) is 3.25. The Morgan fingerprint density at radius 1 is 1.13 bits per heavy atom. The Labute approximate surface area is 172 Å². The number of halogens is 1. The smallest absolute Gasteiger partial charge is 0.243 e. The first kappa shape index (κ1) is 19.3. The molecule has 158 valence electrons. The van der Waals surface area contributed by atoms with Gasteiger partial charge in [-0.3, -0.25) is 29.4 Å². The van der Waals surface area contributed by atoms with Crippen molar-refractivity contribution >= 4 is 29.6 Å². The summed E-state index contributed by atoms with van der Waals surface area (Å²) in [5.74, 6) is -1.87. The minimum atomic E-state index is -0.944.